The van der Waals surface area contributed by atoms with Crippen molar-refractivity contribution in [3.8, 4) is 0 Å². The van der Waals surface area contributed by atoms with Crippen LogP contribution in [0.1, 0.15) is 4.88 Å². The normalized spacial score (nSPS) is 21.3. The van der Waals surface area contributed by atoms with Gasteiger partial charge < -0.3 is 5.32 Å². The fourth-order valence-electron chi connectivity index (χ4n) is 1.07. The quantitative estimate of drug-likeness (QED) is 0.718. The number of nitrogens with one attached hydrogen (secondary N) is 1. The van der Waals surface area contributed by atoms with E-state index in [0.29, 0.717) is 17.4 Å². The summed E-state index contributed by atoms with van der Waals surface area (Å²) in [6.45, 7) is 0.841. The van der Waals surface area contributed by atoms with Gasteiger partial charge in [0.2, 0.25) is 0 Å². The lowest BCUT2D eigenvalue weighted by Crippen LogP contribution is -2.53. The smallest absolute Gasteiger partial charge is 0.169 e. The van der Waals surface area contributed by atoms with E-state index in [1.165, 1.54) is 11.3 Å². The van der Waals surface area contributed by atoms with Crippen molar-refractivity contribution >= 4 is 22.9 Å². The number of rotatable bonds is 1. The van der Waals surface area contributed by atoms with Crippen LogP contribution in [0.4, 0.5) is 4.39 Å². The maximum absolute atomic E-state index is 13.5. The molecule has 0 saturated carbocycles. The number of halogens is 2. The van der Waals surface area contributed by atoms with E-state index in [9.17, 15) is 4.39 Å². The minimum Gasteiger partial charge on any atom is -0.309 e. The first-order valence-corrected chi connectivity index (χ1v) is 4.56. The van der Waals surface area contributed by atoms with Gasteiger partial charge in [0.1, 0.15) is 0 Å². The Labute approximate surface area is 73.2 Å². The second kappa shape index (κ2) is 2.44. The molecule has 0 amide bonds. The average molecular weight is 192 g/mol. The van der Waals surface area contributed by atoms with Crippen molar-refractivity contribution in [2.45, 2.75) is 5.67 Å². The maximum atomic E-state index is 13.5. The Balaban J connectivity index is 2.28. The monoisotopic (exact) mass is 191 g/mol. The zero-order chi connectivity index (χ0) is 7.90. The summed E-state index contributed by atoms with van der Waals surface area (Å²) in [6.07, 6.45) is 0. The van der Waals surface area contributed by atoms with Crippen molar-refractivity contribution in [3.63, 3.8) is 0 Å². The van der Waals surface area contributed by atoms with Gasteiger partial charge in [-0.25, -0.2) is 4.39 Å². The topological polar surface area (TPSA) is 12.0 Å². The molecule has 1 nitrogen and oxygen atoms in total. The molecule has 1 aliphatic rings. The molecule has 1 fully saturated rings. The lowest BCUT2D eigenvalue weighted by molar-refractivity contribution is 0.0934. The second-order valence-corrected chi connectivity index (χ2v) is 4.39. The zero-order valence-electron chi connectivity index (χ0n) is 5.73. The Morgan fingerprint density at radius 1 is 1.55 bits per heavy atom. The minimum absolute atomic E-state index is 0.420. The summed E-state index contributed by atoms with van der Waals surface area (Å²) in [5.41, 5.74) is -1.14. The maximum Gasteiger partial charge on any atom is 0.169 e. The van der Waals surface area contributed by atoms with Crippen molar-refractivity contribution in [2.75, 3.05) is 13.1 Å². The highest BCUT2D eigenvalue weighted by atomic mass is 35.5. The SMILES string of the molecule is FC1(c2ccc(Cl)s2)CNC1. The number of thiophene rings is 1. The first kappa shape index (κ1) is 7.53. The van der Waals surface area contributed by atoms with E-state index < -0.39 is 5.67 Å². The highest BCUT2D eigenvalue weighted by molar-refractivity contribution is 7.16. The third kappa shape index (κ3) is 1.17. The van der Waals surface area contributed by atoms with Gasteiger partial charge in [0.05, 0.1) is 4.34 Å². The molecule has 2 heterocycles. The van der Waals surface area contributed by atoms with Gasteiger partial charge in [-0.2, -0.15) is 0 Å². The Kier molecular flexibility index (Phi) is 1.67. The molecule has 1 N–H and O–H groups in total. The summed E-state index contributed by atoms with van der Waals surface area (Å²) < 4.78 is 14.2. The third-order valence-corrected chi connectivity index (χ3v) is 3.24. The van der Waals surface area contributed by atoms with Crippen LogP contribution in [0.25, 0.3) is 0 Å². The second-order valence-electron chi connectivity index (χ2n) is 2.67. The molecule has 0 aliphatic carbocycles. The molecule has 2 rings (SSSR count). The van der Waals surface area contributed by atoms with E-state index in [1.54, 1.807) is 12.1 Å². The number of hydrogen-bond acceptors (Lipinski definition) is 2. The van der Waals surface area contributed by atoms with Crippen molar-refractivity contribution in [1.82, 2.24) is 5.32 Å². The first-order valence-electron chi connectivity index (χ1n) is 3.36. The van der Waals surface area contributed by atoms with Gasteiger partial charge in [-0.05, 0) is 12.1 Å². The van der Waals surface area contributed by atoms with Crippen LogP contribution in [0.2, 0.25) is 4.34 Å². The van der Waals surface area contributed by atoms with Gasteiger partial charge in [-0.3, -0.25) is 0 Å². The molecule has 0 radical (unpaired) electrons. The highest BCUT2D eigenvalue weighted by Gasteiger charge is 2.39. The summed E-state index contributed by atoms with van der Waals surface area (Å²) in [5, 5.41) is 2.90. The van der Waals surface area contributed by atoms with Gasteiger partial charge in [-0.15, -0.1) is 11.3 Å². The van der Waals surface area contributed by atoms with Gasteiger partial charge in [0.15, 0.2) is 5.67 Å². The molecule has 1 aliphatic heterocycles. The van der Waals surface area contributed by atoms with E-state index >= 15 is 0 Å². The van der Waals surface area contributed by atoms with Crippen LogP contribution >= 0.6 is 22.9 Å². The van der Waals surface area contributed by atoms with Gasteiger partial charge in [-0.1, -0.05) is 11.6 Å². The molecule has 0 atom stereocenters. The van der Waals surface area contributed by atoms with E-state index in [0.717, 1.165) is 4.88 Å². The number of alkyl halides is 1. The fraction of sp³-hybridized carbons (Fsp3) is 0.429. The van der Waals surface area contributed by atoms with Crippen LogP contribution in [-0.2, 0) is 5.67 Å². The molecular formula is C7H7ClFNS. The van der Waals surface area contributed by atoms with Gasteiger partial charge >= 0.3 is 0 Å². The van der Waals surface area contributed by atoms with Crippen LogP contribution in [0.3, 0.4) is 0 Å². The molecule has 0 bridgehead atoms. The molecule has 1 saturated heterocycles. The van der Waals surface area contributed by atoms with E-state index in [-0.39, 0.29) is 0 Å². The van der Waals surface area contributed by atoms with Crippen LogP contribution in [0.5, 0.6) is 0 Å². The van der Waals surface area contributed by atoms with Crippen LogP contribution in [0.15, 0.2) is 12.1 Å². The van der Waals surface area contributed by atoms with Crippen LogP contribution < -0.4 is 5.32 Å². The lowest BCUT2D eigenvalue weighted by atomic mass is 9.98. The molecule has 0 unspecified atom stereocenters. The molecule has 60 valence electrons. The van der Waals surface area contributed by atoms with E-state index in [2.05, 4.69) is 5.32 Å². The Morgan fingerprint density at radius 2 is 2.27 bits per heavy atom. The molecule has 0 aromatic carbocycles. The summed E-state index contributed by atoms with van der Waals surface area (Å²) in [7, 11) is 0. The van der Waals surface area contributed by atoms with Crippen LogP contribution in [-0.4, -0.2) is 13.1 Å². The average Bonchev–Trinajstić information content (AvgIpc) is 2.31. The Bertz CT molecular complexity index is 269. The Hall–Kier alpha value is -0.120. The van der Waals surface area contributed by atoms with Crippen molar-refractivity contribution in [3.05, 3.63) is 21.3 Å². The standard InChI is InChI=1S/C7H7ClFNS/c8-6-2-1-5(11-6)7(9)3-10-4-7/h1-2,10H,3-4H2. The van der Waals surface area contributed by atoms with E-state index in [4.69, 9.17) is 11.6 Å². The predicted octanol–water partition coefficient (Wildman–Crippen LogP) is 2.17. The molecule has 1 aromatic rings. The summed E-state index contributed by atoms with van der Waals surface area (Å²) in [4.78, 5) is 0.737. The van der Waals surface area contributed by atoms with Crippen LogP contribution in [0, 0.1) is 0 Å². The van der Waals surface area contributed by atoms with Crippen molar-refractivity contribution < 1.29 is 4.39 Å². The summed E-state index contributed by atoms with van der Waals surface area (Å²) in [6, 6.07) is 3.50. The largest absolute Gasteiger partial charge is 0.309 e. The minimum atomic E-state index is -1.14. The number of hydrogen-bond donors (Lipinski definition) is 1. The van der Waals surface area contributed by atoms with Crippen molar-refractivity contribution in [2.24, 2.45) is 0 Å². The van der Waals surface area contributed by atoms with E-state index in [1.807, 2.05) is 0 Å². The summed E-state index contributed by atoms with van der Waals surface area (Å²) in [5.74, 6) is 0. The van der Waals surface area contributed by atoms with Crippen molar-refractivity contribution in [1.29, 1.82) is 0 Å². The summed E-state index contributed by atoms with van der Waals surface area (Å²) >= 11 is 7.00. The first-order chi connectivity index (χ1) is 5.21. The van der Waals surface area contributed by atoms with Gasteiger partial charge in [0.25, 0.3) is 0 Å². The molecule has 1 aromatic heterocycles. The zero-order valence-corrected chi connectivity index (χ0v) is 7.31. The lowest BCUT2D eigenvalue weighted by Gasteiger charge is -2.33. The third-order valence-electron chi connectivity index (χ3n) is 1.83. The Morgan fingerprint density at radius 3 is 2.64 bits per heavy atom. The predicted molar refractivity (Wildman–Crippen MR) is 45.0 cm³/mol. The van der Waals surface area contributed by atoms with Gasteiger partial charge in [0, 0.05) is 18.0 Å². The molecule has 11 heavy (non-hydrogen) atoms. The molecule has 0 spiro atoms. The fourth-order valence-corrected chi connectivity index (χ4v) is 2.20. The molecule has 4 heteroatoms. The highest BCUT2D eigenvalue weighted by Crippen LogP contribution is 2.36. The molecular weight excluding hydrogens is 185 g/mol.